The summed E-state index contributed by atoms with van der Waals surface area (Å²) in [7, 11) is 0. The van der Waals surface area contributed by atoms with Gasteiger partial charge in [0.1, 0.15) is 5.82 Å². The van der Waals surface area contributed by atoms with Crippen LogP contribution in [-0.4, -0.2) is 14.1 Å². The molecule has 0 fully saturated rings. The number of ether oxygens (including phenoxy) is 1. The Balaban J connectivity index is 0.00000739. The summed E-state index contributed by atoms with van der Waals surface area (Å²) in [4.78, 5) is 6.96. The summed E-state index contributed by atoms with van der Waals surface area (Å²) >= 11 is 0. The van der Waals surface area contributed by atoms with E-state index in [1.54, 1.807) is 0 Å². The van der Waals surface area contributed by atoms with Crippen LogP contribution in [0.2, 0.25) is 0 Å². The Kier molecular flexibility index (Phi) is 10.1. The zero-order valence-electron chi connectivity index (χ0n) is 53.1. The van der Waals surface area contributed by atoms with Gasteiger partial charge in [-0.2, -0.15) is 12.1 Å². The Bertz CT molecular complexity index is 4740. The molecule has 3 aromatic heterocycles. The van der Waals surface area contributed by atoms with E-state index in [1.165, 1.54) is 12.1 Å². The number of hydrogen-bond acceptors (Lipinski definition) is 3. The molecule has 12 aromatic rings. The Labute approximate surface area is 485 Å². The van der Waals surface area contributed by atoms with Crippen LogP contribution in [0.15, 0.2) is 200 Å². The van der Waals surface area contributed by atoms with Crippen LogP contribution in [0.3, 0.4) is 0 Å². The molecule has 78 heavy (non-hydrogen) atoms. The maximum absolute atomic E-state index is 8.88. The molecule has 5 nitrogen and oxygen atoms in total. The molecule has 0 atom stereocenters. The Morgan fingerprint density at radius 3 is 1.86 bits per heavy atom. The van der Waals surface area contributed by atoms with Gasteiger partial charge in [-0.15, -0.1) is 35.7 Å². The molecule has 4 heterocycles. The zero-order chi connectivity index (χ0) is 60.5. The summed E-state index contributed by atoms with van der Waals surface area (Å²) in [5.41, 5.74) is 5.23. The van der Waals surface area contributed by atoms with Gasteiger partial charge in [0.2, 0.25) is 0 Å². The first kappa shape index (κ1) is 41.0. The normalized spacial score (nSPS) is 14.8. The van der Waals surface area contributed by atoms with Crippen LogP contribution >= 0.6 is 0 Å². The largest absolute Gasteiger partial charge is 0.509 e. The van der Waals surface area contributed by atoms with Crippen molar-refractivity contribution in [1.29, 1.82) is 0 Å². The number of rotatable bonds is 6. The first-order chi connectivity index (χ1) is 40.8. The third-order valence-electron chi connectivity index (χ3n) is 15.1. The van der Waals surface area contributed by atoms with Gasteiger partial charge in [-0.05, 0) is 135 Å². The Morgan fingerprint density at radius 2 is 1.10 bits per heavy atom. The van der Waals surface area contributed by atoms with Gasteiger partial charge in [-0.1, -0.05) is 213 Å². The molecule has 1 aliphatic rings. The summed E-state index contributed by atoms with van der Waals surface area (Å²) in [5.74, 6) is 1.71. The van der Waals surface area contributed by atoms with Crippen molar-refractivity contribution < 1.29 is 38.1 Å². The van der Waals surface area contributed by atoms with Gasteiger partial charge in [0.05, 0.1) is 0 Å². The average molecular weight is 1200 g/mol. The summed E-state index contributed by atoms with van der Waals surface area (Å²) in [6, 6.07) is 71.6. The molecule has 0 unspecified atom stereocenters. The van der Waals surface area contributed by atoms with Crippen LogP contribution in [-0.2, 0) is 37.3 Å². The second-order valence-corrected chi connectivity index (χ2v) is 22.3. The van der Waals surface area contributed by atoms with E-state index in [-0.39, 0.29) is 32.0 Å². The van der Waals surface area contributed by atoms with Crippen LogP contribution in [0.5, 0.6) is 11.5 Å². The fourth-order valence-electron chi connectivity index (χ4n) is 11.3. The third kappa shape index (κ3) is 8.70. The minimum absolute atomic E-state index is 0. The van der Waals surface area contributed by atoms with Gasteiger partial charge < -0.3 is 18.8 Å². The molecule has 0 spiro atoms. The fraction of sp³-hybridized carbons (Fsp3) is 0.167. The van der Waals surface area contributed by atoms with Crippen LogP contribution in [0, 0.1) is 18.8 Å². The molecule has 0 radical (unpaired) electrons. The number of benzene rings is 9. The monoisotopic (exact) mass is 1200 g/mol. The molecule has 6 heteroatoms. The number of aromatic nitrogens is 3. The molecule has 13 rings (SSSR count). The number of pyridine rings is 1. The predicted octanol–water partition coefficient (Wildman–Crippen LogP) is 19.5. The van der Waals surface area contributed by atoms with Gasteiger partial charge in [-0.25, -0.2) is 4.98 Å². The maximum Gasteiger partial charge on any atom is 0.135 e. The second kappa shape index (κ2) is 19.1. The topological polar surface area (TPSA) is 35.2 Å². The van der Waals surface area contributed by atoms with E-state index in [0.717, 1.165) is 87.8 Å². The molecular formula is C72H61N4OPt-3. The molecule has 0 saturated carbocycles. The number of para-hydroxylation sites is 3. The summed E-state index contributed by atoms with van der Waals surface area (Å²) in [5, 5.41) is 7.66. The molecule has 0 bridgehead atoms. The molecule has 0 N–H and O–H groups in total. The zero-order valence-corrected chi connectivity index (χ0v) is 46.4. The van der Waals surface area contributed by atoms with Crippen molar-refractivity contribution in [2.45, 2.75) is 78.3 Å². The average Bonchev–Trinajstić information content (AvgIpc) is 1.69. The van der Waals surface area contributed by atoms with Crippen LogP contribution in [0.4, 0.5) is 11.4 Å². The van der Waals surface area contributed by atoms with E-state index in [9.17, 15) is 0 Å². The predicted molar refractivity (Wildman–Crippen MR) is 324 cm³/mol. The quantitative estimate of drug-likeness (QED) is 0.156. The van der Waals surface area contributed by atoms with E-state index in [4.69, 9.17) is 22.1 Å². The van der Waals surface area contributed by atoms with Crippen molar-refractivity contribution in [1.82, 2.24) is 14.1 Å². The number of fused-ring (bicyclic) bond motifs is 10. The third-order valence-corrected chi connectivity index (χ3v) is 15.1. The van der Waals surface area contributed by atoms with Crippen LogP contribution in [0.1, 0.15) is 91.1 Å². The summed E-state index contributed by atoms with van der Waals surface area (Å²) in [6.45, 7) is 3.96. The fourth-order valence-corrected chi connectivity index (χ4v) is 11.3. The Morgan fingerprint density at radius 1 is 0.487 bits per heavy atom. The minimum Gasteiger partial charge on any atom is -0.509 e. The summed E-state index contributed by atoms with van der Waals surface area (Å²) < 4.78 is 91.0. The number of anilines is 2. The molecule has 0 saturated heterocycles. The first-order valence-electron chi connectivity index (χ1n) is 30.6. The van der Waals surface area contributed by atoms with E-state index in [0.29, 0.717) is 39.4 Å². The molecular weight excluding hydrogens is 1130 g/mol. The van der Waals surface area contributed by atoms with Crippen molar-refractivity contribution in [3.63, 3.8) is 0 Å². The van der Waals surface area contributed by atoms with Gasteiger partial charge in [0, 0.05) is 62.3 Å². The first-order valence-corrected chi connectivity index (χ1v) is 26.1. The number of hydrogen-bond donors (Lipinski definition) is 0. The van der Waals surface area contributed by atoms with Gasteiger partial charge in [-0.3, -0.25) is 0 Å². The SMILES string of the molecule is [2H]C([2H])([2H])C(c1cc(-c2cccc3c4cccc(-c5ccccc5)c4c4ccccc4c4cccc5c4n(c23)[CH-]N5c2[c-]c(Oc3[c-]c4c(cc3)c3ccccc3n4-c3cc(C(C)(C)C)ccn3)ccc2)cc(C(C)(C)C)c1)(C([2H])([2H])[2H])C([2H])([2H])[2H].[Pt]. The molecule has 0 amide bonds. The molecule has 388 valence electrons. The van der Waals surface area contributed by atoms with E-state index in [1.807, 2.05) is 106 Å². The molecule has 9 aromatic carbocycles. The van der Waals surface area contributed by atoms with Crippen molar-refractivity contribution in [3.05, 3.63) is 236 Å². The Hall–Kier alpha value is -8.11. The van der Waals surface area contributed by atoms with Crippen molar-refractivity contribution in [2.75, 3.05) is 4.90 Å². The van der Waals surface area contributed by atoms with E-state index < -0.39 is 31.4 Å². The van der Waals surface area contributed by atoms with Crippen molar-refractivity contribution in [3.8, 4) is 39.6 Å². The maximum atomic E-state index is 8.88. The minimum atomic E-state index is -3.49. The van der Waals surface area contributed by atoms with Gasteiger partial charge in [0.25, 0.3) is 0 Å². The smallest absolute Gasteiger partial charge is 0.135 e. The van der Waals surface area contributed by atoms with Gasteiger partial charge in [0.15, 0.2) is 0 Å². The number of nitrogens with zero attached hydrogens (tertiary/aromatic N) is 4. The molecule has 0 aliphatic carbocycles. The van der Waals surface area contributed by atoms with Crippen LogP contribution in [0.25, 0.3) is 93.2 Å². The molecule has 1 aliphatic heterocycles. The van der Waals surface area contributed by atoms with Gasteiger partial charge >= 0.3 is 0 Å². The van der Waals surface area contributed by atoms with E-state index in [2.05, 4.69) is 156 Å². The van der Waals surface area contributed by atoms with Crippen molar-refractivity contribution in [2.24, 2.45) is 0 Å². The summed E-state index contributed by atoms with van der Waals surface area (Å²) in [6.07, 6.45) is 1.86. The van der Waals surface area contributed by atoms with Crippen molar-refractivity contribution >= 4 is 76.5 Å². The van der Waals surface area contributed by atoms with E-state index >= 15 is 0 Å². The standard InChI is InChI=1S/C72H61N4O.Pt/c1-70(2,3)48-37-38-73-66(42-48)76-63-33-16-15-26-57(63)58-36-35-53(44-65(58)76)77-52-24-17-23-51(43-52)74-45-75-68-55(47-39-49(71(4,5)6)41-50(40-47)72(7,8)9)29-19-31-62(68)60-30-18-28-54(46-21-11-10-12-22-46)67(60)59-27-14-13-25-56(59)61-32-20-34-64(74)69(61)75;/h10-42,45H,1-9H3;/q-3;/i4D3,5D3,6D3;. The second-order valence-electron chi connectivity index (χ2n) is 22.3. The van der Waals surface area contributed by atoms with Crippen LogP contribution < -0.4 is 9.64 Å².